The molecule has 1 aromatic rings. The highest BCUT2D eigenvalue weighted by atomic mass is 19.4. The zero-order valence-electron chi connectivity index (χ0n) is 10.8. The van der Waals surface area contributed by atoms with Crippen molar-refractivity contribution in [2.24, 2.45) is 0 Å². The van der Waals surface area contributed by atoms with Crippen LogP contribution in [0.5, 0.6) is 0 Å². The Labute approximate surface area is 115 Å². The molecule has 1 aromatic carbocycles. The Hall–Kier alpha value is -1.82. The largest absolute Gasteiger partial charge is 0.471 e. The second-order valence-corrected chi connectivity index (χ2v) is 4.67. The van der Waals surface area contributed by atoms with E-state index in [-0.39, 0.29) is 5.69 Å². The molecule has 0 bridgehead atoms. The summed E-state index contributed by atoms with van der Waals surface area (Å²) in [5.41, 5.74) is 1.96. The summed E-state index contributed by atoms with van der Waals surface area (Å²) >= 11 is 0. The highest BCUT2D eigenvalue weighted by molar-refractivity contribution is 5.95. The Morgan fingerprint density at radius 1 is 1.45 bits per heavy atom. The van der Waals surface area contributed by atoms with Gasteiger partial charge in [-0.25, -0.2) is 0 Å². The van der Waals surface area contributed by atoms with E-state index in [0.29, 0.717) is 13.1 Å². The summed E-state index contributed by atoms with van der Waals surface area (Å²) in [5, 5.41) is 1.96. The highest BCUT2D eigenvalue weighted by Gasteiger charge is 2.39. The summed E-state index contributed by atoms with van der Waals surface area (Å²) in [6, 6.07) is 5.04. The molecule has 1 heterocycles. The molecule has 1 aliphatic rings. The second-order valence-electron chi connectivity index (χ2n) is 4.67. The fourth-order valence-electron chi connectivity index (χ4n) is 2.29. The lowest BCUT2D eigenvalue weighted by atomic mass is 9.98. The maximum absolute atomic E-state index is 12.3. The van der Waals surface area contributed by atoms with Gasteiger partial charge in [-0.1, -0.05) is 18.2 Å². The zero-order chi connectivity index (χ0) is 14.8. The monoisotopic (exact) mass is 284 g/mol. The number of nitrogens with zero attached hydrogens (tertiary/aromatic N) is 1. The van der Waals surface area contributed by atoms with Crippen molar-refractivity contribution in [3.8, 4) is 0 Å². The van der Waals surface area contributed by atoms with Crippen LogP contribution in [-0.2, 0) is 17.8 Å². The number of carbonyl (C=O) groups is 1. The molecule has 0 radical (unpaired) electrons. The van der Waals surface area contributed by atoms with Gasteiger partial charge >= 0.3 is 12.1 Å². The first kappa shape index (κ1) is 14.6. The lowest BCUT2D eigenvalue weighted by Crippen LogP contribution is -2.33. The van der Waals surface area contributed by atoms with E-state index >= 15 is 0 Å². The summed E-state index contributed by atoms with van der Waals surface area (Å²) in [7, 11) is 0. The summed E-state index contributed by atoms with van der Waals surface area (Å²) in [6.07, 6.45) is -2.38. The molecule has 108 valence electrons. The maximum Gasteiger partial charge on any atom is 0.471 e. The average Bonchev–Trinajstić information content (AvgIpc) is 2.38. The Morgan fingerprint density at radius 2 is 2.20 bits per heavy atom. The molecule has 0 unspecified atom stereocenters. The zero-order valence-corrected chi connectivity index (χ0v) is 10.8. The molecule has 0 aliphatic carbocycles. The van der Waals surface area contributed by atoms with E-state index < -0.39 is 12.1 Å². The predicted molar refractivity (Wildman–Crippen MR) is 70.3 cm³/mol. The minimum Gasteiger partial charge on any atom is -0.318 e. The van der Waals surface area contributed by atoms with Gasteiger partial charge in [0.25, 0.3) is 0 Å². The molecular formula is C14H15F3N2O. The van der Waals surface area contributed by atoms with Crippen LogP contribution in [0.3, 0.4) is 0 Å². The smallest absolute Gasteiger partial charge is 0.318 e. The lowest BCUT2D eigenvalue weighted by molar-refractivity contribution is -0.167. The van der Waals surface area contributed by atoms with Crippen LogP contribution in [0.25, 0.3) is 0 Å². The summed E-state index contributed by atoms with van der Waals surface area (Å²) < 4.78 is 37.0. The SMILES string of the molecule is C=CCN1CCc2cccc(NC(=O)C(F)(F)F)c2C1. The number of halogens is 3. The first-order chi connectivity index (χ1) is 9.41. The van der Waals surface area contributed by atoms with Crippen LogP contribution in [0.1, 0.15) is 11.1 Å². The molecule has 6 heteroatoms. The van der Waals surface area contributed by atoms with E-state index in [0.717, 1.165) is 24.1 Å². The third-order valence-corrected chi connectivity index (χ3v) is 3.25. The van der Waals surface area contributed by atoms with Gasteiger partial charge in [0.05, 0.1) is 0 Å². The first-order valence-corrected chi connectivity index (χ1v) is 6.24. The minimum atomic E-state index is -4.88. The molecule has 0 aromatic heterocycles. The molecule has 0 fully saturated rings. The molecule has 20 heavy (non-hydrogen) atoms. The van der Waals surface area contributed by atoms with Crippen LogP contribution in [0.15, 0.2) is 30.9 Å². The standard InChI is InChI=1S/C14H15F3N2O/c1-2-7-19-8-6-10-4-3-5-12(11(10)9-19)18-13(20)14(15,16)17/h2-5H,1,6-9H2,(H,18,20). The van der Waals surface area contributed by atoms with Crippen molar-refractivity contribution in [3.63, 3.8) is 0 Å². The van der Waals surface area contributed by atoms with E-state index in [1.807, 2.05) is 11.4 Å². The normalized spacial score (nSPS) is 15.6. The van der Waals surface area contributed by atoms with Crippen molar-refractivity contribution in [3.05, 3.63) is 42.0 Å². The van der Waals surface area contributed by atoms with E-state index in [1.54, 1.807) is 12.1 Å². The van der Waals surface area contributed by atoms with Crippen LogP contribution in [-0.4, -0.2) is 30.1 Å². The van der Waals surface area contributed by atoms with Gasteiger partial charge in [0.1, 0.15) is 0 Å². The number of hydrogen-bond acceptors (Lipinski definition) is 2. The van der Waals surface area contributed by atoms with Crippen molar-refractivity contribution >= 4 is 11.6 Å². The van der Waals surface area contributed by atoms with Crippen LogP contribution in [0, 0.1) is 0 Å². The number of rotatable bonds is 3. The number of benzene rings is 1. The highest BCUT2D eigenvalue weighted by Crippen LogP contribution is 2.28. The Balaban J connectivity index is 2.23. The fraction of sp³-hybridized carbons (Fsp3) is 0.357. The Kier molecular flexibility index (Phi) is 4.13. The fourth-order valence-corrected chi connectivity index (χ4v) is 2.29. The number of fused-ring (bicyclic) bond motifs is 1. The van der Waals surface area contributed by atoms with Crippen molar-refractivity contribution in [1.82, 2.24) is 4.90 Å². The third-order valence-electron chi connectivity index (χ3n) is 3.25. The Bertz CT molecular complexity index is 526. The minimum absolute atomic E-state index is 0.235. The molecule has 1 amide bonds. The van der Waals surface area contributed by atoms with Crippen molar-refractivity contribution in [1.29, 1.82) is 0 Å². The predicted octanol–water partition coefficient (Wildman–Crippen LogP) is 2.73. The van der Waals surface area contributed by atoms with E-state index in [1.165, 1.54) is 6.07 Å². The molecule has 3 nitrogen and oxygen atoms in total. The number of alkyl halides is 3. The quantitative estimate of drug-likeness (QED) is 0.866. The number of nitrogens with one attached hydrogen (secondary N) is 1. The topological polar surface area (TPSA) is 32.3 Å². The van der Waals surface area contributed by atoms with Gasteiger partial charge in [-0.2, -0.15) is 13.2 Å². The Morgan fingerprint density at radius 3 is 2.85 bits per heavy atom. The first-order valence-electron chi connectivity index (χ1n) is 6.24. The molecule has 0 saturated heterocycles. The molecular weight excluding hydrogens is 269 g/mol. The third kappa shape index (κ3) is 3.19. The molecule has 2 rings (SSSR count). The lowest BCUT2D eigenvalue weighted by Gasteiger charge is -2.29. The maximum atomic E-state index is 12.3. The second kappa shape index (κ2) is 5.66. The molecule has 0 atom stereocenters. The van der Waals surface area contributed by atoms with E-state index in [9.17, 15) is 18.0 Å². The van der Waals surface area contributed by atoms with E-state index in [2.05, 4.69) is 11.5 Å². The van der Waals surface area contributed by atoms with Gasteiger partial charge in [-0.3, -0.25) is 9.69 Å². The van der Waals surface area contributed by atoms with Crippen LogP contribution >= 0.6 is 0 Å². The van der Waals surface area contributed by atoms with Crippen LogP contribution < -0.4 is 5.32 Å². The molecule has 1 aliphatic heterocycles. The van der Waals surface area contributed by atoms with Gasteiger partial charge in [-0.15, -0.1) is 6.58 Å². The number of carbonyl (C=O) groups excluding carboxylic acids is 1. The summed E-state index contributed by atoms with van der Waals surface area (Å²) in [4.78, 5) is 13.1. The molecule has 0 saturated carbocycles. The van der Waals surface area contributed by atoms with Gasteiger partial charge in [0.15, 0.2) is 0 Å². The molecule has 0 spiro atoms. The van der Waals surface area contributed by atoms with Gasteiger partial charge in [0.2, 0.25) is 0 Å². The van der Waals surface area contributed by atoms with Crippen molar-refractivity contribution in [2.45, 2.75) is 19.1 Å². The van der Waals surface area contributed by atoms with Crippen molar-refractivity contribution in [2.75, 3.05) is 18.4 Å². The average molecular weight is 284 g/mol. The van der Waals surface area contributed by atoms with Crippen LogP contribution in [0.4, 0.5) is 18.9 Å². The number of hydrogen-bond donors (Lipinski definition) is 1. The van der Waals surface area contributed by atoms with Crippen molar-refractivity contribution < 1.29 is 18.0 Å². The van der Waals surface area contributed by atoms with Gasteiger partial charge in [0, 0.05) is 25.3 Å². The molecule has 1 N–H and O–H groups in total. The van der Waals surface area contributed by atoms with Gasteiger partial charge in [-0.05, 0) is 23.6 Å². The summed E-state index contributed by atoms with van der Waals surface area (Å²) in [5.74, 6) is -1.94. The number of anilines is 1. The van der Waals surface area contributed by atoms with Gasteiger partial charge < -0.3 is 5.32 Å². The number of amides is 1. The van der Waals surface area contributed by atoms with E-state index in [4.69, 9.17) is 0 Å². The summed E-state index contributed by atoms with van der Waals surface area (Å²) in [6.45, 7) is 5.66. The van der Waals surface area contributed by atoms with Crippen LogP contribution in [0.2, 0.25) is 0 Å².